The SMILES string of the molecule is O=C(NCc1cc(-c2ccccc2F)on1)c1ccc(S(=O)(=O)N2CCCCC2)cc1. The van der Waals surface area contributed by atoms with Crippen LogP contribution in [0.4, 0.5) is 4.39 Å². The third-order valence-corrected chi connectivity index (χ3v) is 7.11. The van der Waals surface area contributed by atoms with Crippen molar-refractivity contribution >= 4 is 15.9 Å². The molecule has 0 atom stereocenters. The number of hydrogen-bond donors (Lipinski definition) is 1. The molecule has 0 spiro atoms. The van der Waals surface area contributed by atoms with Gasteiger partial charge in [-0.15, -0.1) is 0 Å². The fourth-order valence-electron chi connectivity index (χ4n) is 3.49. The van der Waals surface area contributed by atoms with Gasteiger partial charge in [-0.2, -0.15) is 4.31 Å². The summed E-state index contributed by atoms with van der Waals surface area (Å²) in [5, 5.41) is 6.56. The van der Waals surface area contributed by atoms with E-state index in [9.17, 15) is 17.6 Å². The molecule has 4 rings (SSSR count). The van der Waals surface area contributed by atoms with Gasteiger partial charge in [-0.25, -0.2) is 12.8 Å². The van der Waals surface area contributed by atoms with Crippen LogP contribution in [0.3, 0.4) is 0 Å². The van der Waals surface area contributed by atoms with E-state index in [4.69, 9.17) is 4.52 Å². The van der Waals surface area contributed by atoms with Gasteiger partial charge in [0.1, 0.15) is 11.5 Å². The maximum atomic E-state index is 13.9. The van der Waals surface area contributed by atoms with Crippen LogP contribution in [0.2, 0.25) is 0 Å². The molecule has 0 bridgehead atoms. The molecule has 1 fully saturated rings. The van der Waals surface area contributed by atoms with E-state index in [1.54, 1.807) is 24.3 Å². The summed E-state index contributed by atoms with van der Waals surface area (Å²) in [6.07, 6.45) is 2.76. The van der Waals surface area contributed by atoms with Crippen LogP contribution in [-0.4, -0.2) is 36.9 Å². The van der Waals surface area contributed by atoms with E-state index in [1.165, 1.54) is 34.6 Å². The summed E-state index contributed by atoms with van der Waals surface area (Å²) in [7, 11) is -3.54. The summed E-state index contributed by atoms with van der Waals surface area (Å²) >= 11 is 0. The van der Waals surface area contributed by atoms with Gasteiger partial charge in [-0.1, -0.05) is 23.7 Å². The lowest BCUT2D eigenvalue weighted by Gasteiger charge is -2.25. The fraction of sp³-hybridized carbons (Fsp3) is 0.273. The Morgan fingerprint density at radius 1 is 1.06 bits per heavy atom. The zero-order valence-electron chi connectivity index (χ0n) is 16.8. The van der Waals surface area contributed by atoms with E-state index in [2.05, 4.69) is 10.5 Å². The number of hydrogen-bond acceptors (Lipinski definition) is 5. The molecule has 2 aromatic carbocycles. The van der Waals surface area contributed by atoms with Gasteiger partial charge in [-0.05, 0) is 49.2 Å². The minimum absolute atomic E-state index is 0.0879. The summed E-state index contributed by atoms with van der Waals surface area (Å²) in [5.41, 5.74) is 1.06. The van der Waals surface area contributed by atoms with Crippen LogP contribution in [0.25, 0.3) is 11.3 Å². The van der Waals surface area contributed by atoms with Crippen molar-refractivity contribution in [3.05, 3.63) is 71.7 Å². The summed E-state index contributed by atoms with van der Waals surface area (Å²) in [4.78, 5) is 12.6. The number of sulfonamides is 1. The second-order valence-electron chi connectivity index (χ2n) is 7.33. The fourth-order valence-corrected chi connectivity index (χ4v) is 5.01. The molecule has 0 unspecified atom stereocenters. The number of aromatic nitrogens is 1. The van der Waals surface area contributed by atoms with Crippen LogP contribution in [-0.2, 0) is 16.6 Å². The third kappa shape index (κ3) is 4.67. The Labute approximate surface area is 179 Å². The quantitative estimate of drug-likeness (QED) is 0.629. The maximum absolute atomic E-state index is 13.9. The third-order valence-electron chi connectivity index (χ3n) is 5.20. The Morgan fingerprint density at radius 2 is 1.77 bits per heavy atom. The average Bonchev–Trinajstić information content (AvgIpc) is 3.27. The first-order valence-corrected chi connectivity index (χ1v) is 11.5. The molecule has 1 N–H and O–H groups in total. The molecule has 0 aliphatic carbocycles. The van der Waals surface area contributed by atoms with Gasteiger partial charge >= 0.3 is 0 Å². The predicted molar refractivity (Wildman–Crippen MR) is 112 cm³/mol. The van der Waals surface area contributed by atoms with Crippen molar-refractivity contribution < 1.29 is 22.1 Å². The second-order valence-corrected chi connectivity index (χ2v) is 9.27. The summed E-state index contributed by atoms with van der Waals surface area (Å²) < 4.78 is 45.9. The van der Waals surface area contributed by atoms with Gasteiger partial charge in [0.05, 0.1) is 17.0 Å². The largest absolute Gasteiger partial charge is 0.356 e. The van der Waals surface area contributed by atoms with E-state index in [0.29, 0.717) is 24.3 Å². The first kappa shape index (κ1) is 21.2. The number of nitrogens with one attached hydrogen (secondary N) is 1. The first-order chi connectivity index (χ1) is 14.9. The highest BCUT2D eigenvalue weighted by Gasteiger charge is 2.26. The Balaban J connectivity index is 1.39. The number of nitrogens with zero attached hydrogens (tertiary/aromatic N) is 2. The van der Waals surface area contributed by atoms with Gasteiger partial charge in [0.2, 0.25) is 10.0 Å². The van der Waals surface area contributed by atoms with Crippen molar-refractivity contribution in [1.29, 1.82) is 0 Å². The lowest BCUT2D eigenvalue weighted by molar-refractivity contribution is 0.0950. The van der Waals surface area contributed by atoms with E-state index < -0.39 is 15.8 Å². The number of carbonyl (C=O) groups excluding carboxylic acids is 1. The second kappa shape index (κ2) is 8.99. The minimum Gasteiger partial charge on any atom is -0.356 e. The molecule has 2 heterocycles. The number of amides is 1. The number of rotatable bonds is 6. The summed E-state index contributed by atoms with van der Waals surface area (Å²) in [5.74, 6) is -0.527. The van der Waals surface area contributed by atoms with Gasteiger partial charge in [-0.3, -0.25) is 4.79 Å². The van der Waals surface area contributed by atoms with Crippen LogP contribution in [0.15, 0.2) is 64.0 Å². The number of benzene rings is 2. The highest BCUT2D eigenvalue weighted by Crippen LogP contribution is 2.23. The van der Waals surface area contributed by atoms with Crippen LogP contribution in [0, 0.1) is 5.82 Å². The minimum atomic E-state index is -3.54. The predicted octanol–water partition coefficient (Wildman–Crippen LogP) is 3.59. The number of piperidine rings is 1. The van der Waals surface area contributed by atoms with Crippen LogP contribution in [0.5, 0.6) is 0 Å². The Hall–Kier alpha value is -3.04. The average molecular weight is 444 g/mol. The monoisotopic (exact) mass is 443 g/mol. The smallest absolute Gasteiger partial charge is 0.251 e. The molecule has 7 nitrogen and oxygen atoms in total. The topological polar surface area (TPSA) is 92.5 Å². The molecule has 9 heteroatoms. The molecule has 1 saturated heterocycles. The molecule has 31 heavy (non-hydrogen) atoms. The highest BCUT2D eigenvalue weighted by molar-refractivity contribution is 7.89. The molecule has 0 saturated carbocycles. The van der Waals surface area contributed by atoms with Crippen molar-refractivity contribution in [3.8, 4) is 11.3 Å². The van der Waals surface area contributed by atoms with Crippen LogP contribution in [0.1, 0.15) is 35.3 Å². The molecule has 0 radical (unpaired) electrons. The molecule has 3 aromatic rings. The molecule has 162 valence electrons. The number of carbonyl (C=O) groups is 1. The molecular weight excluding hydrogens is 421 g/mol. The van der Waals surface area contributed by atoms with Crippen molar-refractivity contribution in [3.63, 3.8) is 0 Å². The van der Waals surface area contributed by atoms with Crippen LogP contribution < -0.4 is 5.32 Å². The van der Waals surface area contributed by atoms with Crippen molar-refractivity contribution in [2.75, 3.05) is 13.1 Å². The number of halogens is 1. The molecular formula is C22H22FN3O4S. The summed E-state index contributed by atoms with van der Waals surface area (Å²) in [6, 6.07) is 13.6. The Bertz CT molecular complexity index is 1170. The first-order valence-electron chi connectivity index (χ1n) is 10.0. The van der Waals surface area contributed by atoms with Crippen molar-refractivity contribution in [2.24, 2.45) is 0 Å². The highest BCUT2D eigenvalue weighted by atomic mass is 32.2. The van der Waals surface area contributed by atoms with E-state index in [1.807, 2.05) is 0 Å². The zero-order chi connectivity index (χ0) is 21.8. The summed E-state index contributed by atoms with van der Waals surface area (Å²) in [6.45, 7) is 1.14. The van der Waals surface area contributed by atoms with Gasteiger partial charge < -0.3 is 9.84 Å². The molecule has 1 aliphatic heterocycles. The maximum Gasteiger partial charge on any atom is 0.251 e. The molecule has 1 aromatic heterocycles. The molecule has 1 amide bonds. The molecule has 1 aliphatic rings. The van der Waals surface area contributed by atoms with Gasteiger partial charge in [0.25, 0.3) is 5.91 Å². The van der Waals surface area contributed by atoms with E-state index in [0.717, 1.165) is 19.3 Å². The van der Waals surface area contributed by atoms with Gasteiger partial charge in [0.15, 0.2) is 5.76 Å². The zero-order valence-corrected chi connectivity index (χ0v) is 17.6. The van der Waals surface area contributed by atoms with Gasteiger partial charge in [0, 0.05) is 24.7 Å². The lowest BCUT2D eigenvalue weighted by atomic mass is 10.1. The van der Waals surface area contributed by atoms with E-state index in [-0.39, 0.29) is 28.7 Å². The van der Waals surface area contributed by atoms with Crippen LogP contribution >= 0.6 is 0 Å². The van der Waals surface area contributed by atoms with Crippen molar-refractivity contribution in [1.82, 2.24) is 14.8 Å². The van der Waals surface area contributed by atoms with Crippen molar-refractivity contribution in [2.45, 2.75) is 30.7 Å². The Kier molecular flexibility index (Phi) is 6.15. The lowest BCUT2D eigenvalue weighted by Crippen LogP contribution is -2.35. The Morgan fingerprint density at radius 3 is 2.48 bits per heavy atom. The van der Waals surface area contributed by atoms with E-state index >= 15 is 0 Å². The standard InChI is InChI=1S/C22H22FN3O4S/c23-20-7-3-2-6-19(20)21-14-17(25-30-21)15-24-22(27)16-8-10-18(11-9-16)31(28,29)26-12-4-1-5-13-26/h2-3,6-11,14H,1,4-5,12-13,15H2,(H,24,27). The normalized spacial score (nSPS) is 15.0.